The molecule has 0 spiro atoms. The lowest BCUT2D eigenvalue weighted by Crippen LogP contribution is -2.17. The fourth-order valence-electron chi connectivity index (χ4n) is 2.24. The molecule has 0 radical (unpaired) electrons. The van der Waals surface area contributed by atoms with Gasteiger partial charge in [0.05, 0.1) is 19.0 Å². The Bertz CT molecular complexity index is 889. The highest BCUT2D eigenvalue weighted by molar-refractivity contribution is 5.55. The van der Waals surface area contributed by atoms with Crippen LogP contribution in [0.2, 0.25) is 0 Å². The number of nitrogens with zero attached hydrogens (tertiary/aromatic N) is 3. The molecule has 120 valence electrons. The van der Waals surface area contributed by atoms with Crippen LogP contribution in [-0.2, 0) is 13.2 Å². The van der Waals surface area contributed by atoms with E-state index < -0.39 is 0 Å². The molecule has 3 rings (SSSR count). The molecule has 0 amide bonds. The molecule has 1 N–H and O–H groups in total. The summed E-state index contributed by atoms with van der Waals surface area (Å²) in [5.74, 6) is 1.22. The summed E-state index contributed by atoms with van der Waals surface area (Å²) in [6.07, 6.45) is 0.246. The summed E-state index contributed by atoms with van der Waals surface area (Å²) in [6, 6.07) is 19.3. The van der Waals surface area contributed by atoms with Crippen molar-refractivity contribution in [1.82, 2.24) is 14.8 Å². The number of ether oxygens (including phenoxy) is 1. The molecular formula is C18H16N4O2. The van der Waals surface area contributed by atoms with Gasteiger partial charge in [-0.1, -0.05) is 30.3 Å². The summed E-state index contributed by atoms with van der Waals surface area (Å²) in [6.45, 7) is 0.782. The second-order valence-corrected chi connectivity index (χ2v) is 5.21. The first kappa shape index (κ1) is 15.6. The van der Waals surface area contributed by atoms with Gasteiger partial charge in [0.25, 0.3) is 0 Å². The number of benzene rings is 2. The molecule has 24 heavy (non-hydrogen) atoms. The van der Waals surface area contributed by atoms with Crippen LogP contribution in [0.5, 0.6) is 5.75 Å². The van der Waals surface area contributed by atoms with E-state index in [9.17, 15) is 4.79 Å². The first-order chi connectivity index (χ1) is 11.8. The third kappa shape index (κ3) is 3.70. The highest BCUT2D eigenvalue weighted by atomic mass is 16.5. The molecule has 0 bridgehead atoms. The molecule has 0 saturated carbocycles. The third-order valence-corrected chi connectivity index (χ3v) is 3.49. The van der Waals surface area contributed by atoms with Crippen molar-refractivity contribution in [3.05, 3.63) is 70.6 Å². The topological polar surface area (TPSA) is 83.7 Å². The molecule has 0 aliphatic carbocycles. The Balaban J connectivity index is 1.68. The van der Waals surface area contributed by atoms with Crippen LogP contribution in [0.15, 0.2) is 59.4 Å². The van der Waals surface area contributed by atoms with Crippen LogP contribution in [-0.4, -0.2) is 14.8 Å². The van der Waals surface area contributed by atoms with Crippen molar-refractivity contribution in [3.63, 3.8) is 0 Å². The van der Waals surface area contributed by atoms with Crippen LogP contribution in [0.4, 0.5) is 0 Å². The summed E-state index contributed by atoms with van der Waals surface area (Å²) in [5.41, 5.74) is 1.57. The number of nitrogens with one attached hydrogen (secondary N) is 1. The van der Waals surface area contributed by atoms with Crippen molar-refractivity contribution in [1.29, 1.82) is 5.26 Å². The summed E-state index contributed by atoms with van der Waals surface area (Å²) in [4.78, 5) is 14.4. The fourth-order valence-corrected chi connectivity index (χ4v) is 2.24. The molecule has 1 heterocycles. The van der Waals surface area contributed by atoms with Crippen molar-refractivity contribution in [3.8, 4) is 23.2 Å². The van der Waals surface area contributed by atoms with Crippen LogP contribution in [0.3, 0.4) is 0 Å². The van der Waals surface area contributed by atoms with Crippen LogP contribution in [0, 0.1) is 11.3 Å². The SMILES string of the molecule is N#CCCn1nc(-c2ccc(OCc3ccccc3)cc2)[nH]c1=O. The Morgan fingerprint density at radius 1 is 1.12 bits per heavy atom. The van der Waals surface area contributed by atoms with Gasteiger partial charge in [0.15, 0.2) is 5.82 Å². The number of aryl methyl sites for hydroxylation is 1. The van der Waals surface area contributed by atoms with E-state index in [1.807, 2.05) is 60.7 Å². The average molecular weight is 320 g/mol. The molecule has 0 unspecified atom stereocenters. The molecule has 3 aromatic rings. The Kier molecular flexibility index (Phi) is 4.73. The minimum atomic E-state index is -0.315. The minimum Gasteiger partial charge on any atom is -0.489 e. The highest BCUT2D eigenvalue weighted by Gasteiger charge is 2.07. The van der Waals surface area contributed by atoms with Crippen molar-refractivity contribution in [2.75, 3.05) is 0 Å². The molecular weight excluding hydrogens is 304 g/mol. The maximum Gasteiger partial charge on any atom is 0.343 e. The Hall–Kier alpha value is -3.33. The van der Waals surface area contributed by atoms with Crippen LogP contribution in [0.1, 0.15) is 12.0 Å². The maximum atomic E-state index is 11.8. The summed E-state index contributed by atoms with van der Waals surface area (Å²) in [5, 5.41) is 12.8. The van der Waals surface area contributed by atoms with E-state index in [2.05, 4.69) is 10.1 Å². The van der Waals surface area contributed by atoms with E-state index in [1.54, 1.807) is 0 Å². The molecule has 0 aliphatic heterocycles. The van der Waals surface area contributed by atoms with Gasteiger partial charge in [-0.05, 0) is 29.8 Å². The predicted octanol–water partition coefficient (Wildman–Crippen LogP) is 2.73. The lowest BCUT2D eigenvalue weighted by Gasteiger charge is -2.06. The first-order valence-electron chi connectivity index (χ1n) is 7.57. The molecule has 0 atom stereocenters. The molecule has 0 aliphatic rings. The van der Waals surface area contributed by atoms with E-state index in [1.165, 1.54) is 4.68 Å². The summed E-state index contributed by atoms with van der Waals surface area (Å²) in [7, 11) is 0. The van der Waals surface area contributed by atoms with Gasteiger partial charge in [-0.2, -0.15) is 5.26 Å². The van der Waals surface area contributed by atoms with Crippen molar-refractivity contribution in [2.45, 2.75) is 19.6 Å². The predicted molar refractivity (Wildman–Crippen MR) is 89.3 cm³/mol. The normalized spacial score (nSPS) is 10.3. The monoisotopic (exact) mass is 320 g/mol. The third-order valence-electron chi connectivity index (χ3n) is 3.49. The molecule has 0 fully saturated rings. The zero-order chi connectivity index (χ0) is 16.8. The van der Waals surface area contributed by atoms with Gasteiger partial charge in [-0.15, -0.1) is 5.10 Å². The summed E-state index contributed by atoms with van der Waals surface area (Å²) >= 11 is 0. The van der Waals surface area contributed by atoms with Gasteiger partial charge in [-0.3, -0.25) is 4.98 Å². The van der Waals surface area contributed by atoms with Gasteiger partial charge in [0.2, 0.25) is 0 Å². The number of hydrogen-bond donors (Lipinski definition) is 1. The van der Waals surface area contributed by atoms with Gasteiger partial charge in [-0.25, -0.2) is 9.48 Å². The van der Waals surface area contributed by atoms with Crippen LogP contribution in [0.25, 0.3) is 11.4 Å². The number of aromatic nitrogens is 3. The fraction of sp³-hybridized carbons (Fsp3) is 0.167. The van der Waals surface area contributed by atoms with E-state index in [0.29, 0.717) is 12.4 Å². The Morgan fingerprint density at radius 3 is 2.58 bits per heavy atom. The maximum absolute atomic E-state index is 11.8. The quantitative estimate of drug-likeness (QED) is 0.757. The van der Waals surface area contributed by atoms with Gasteiger partial charge in [0, 0.05) is 5.56 Å². The van der Waals surface area contributed by atoms with E-state index in [-0.39, 0.29) is 18.7 Å². The number of rotatable bonds is 6. The zero-order valence-corrected chi connectivity index (χ0v) is 13.0. The smallest absolute Gasteiger partial charge is 0.343 e. The van der Waals surface area contributed by atoms with Crippen molar-refractivity contribution >= 4 is 0 Å². The van der Waals surface area contributed by atoms with Crippen LogP contribution < -0.4 is 10.4 Å². The van der Waals surface area contributed by atoms with Crippen molar-refractivity contribution < 1.29 is 4.74 Å². The standard InChI is InChI=1S/C18H16N4O2/c19-11-4-12-22-18(23)20-17(21-22)15-7-9-16(10-8-15)24-13-14-5-2-1-3-6-14/h1-3,5-10H,4,12-13H2,(H,20,21,23). The highest BCUT2D eigenvalue weighted by Crippen LogP contribution is 2.19. The second kappa shape index (κ2) is 7.29. The second-order valence-electron chi connectivity index (χ2n) is 5.21. The van der Waals surface area contributed by atoms with E-state index >= 15 is 0 Å². The van der Waals surface area contributed by atoms with E-state index in [4.69, 9.17) is 10.00 Å². The average Bonchev–Trinajstić information content (AvgIpc) is 3.00. The molecule has 2 aromatic carbocycles. The Morgan fingerprint density at radius 2 is 1.88 bits per heavy atom. The largest absolute Gasteiger partial charge is 0.489 e. The number of nitriles is 1. The molecule has 0 saturated heterocycles. The van der Waals surface area contributed by atoms with Crippen molar-refractivity contribution in [2.24, 2.45) is 0 Å². The summed E-state index contributed by atoms with van der Waals surface area (Å²) < 4.78 is 6.99. The van der Waals surface area contributed by atoms with Gasteiger partial charge >= 0.3 is 5.69 Å². The zero-order valence-electron chi connectivity index (χ0n) is 13.0. The number of H-pyrrole nitrogens is 1. The lowest BCUT2D eigenvalue weighted by atomic mass is 10.2. The van der Waals surface area contributed by atoms with Gasteiger partial charge < -0.3 is 4.74 Å². The molecule has 6 heteroatoms. The Labute approximate surface area is 138 Å². The van der Waals surface area contributed by atoms with Crippen LogP contribution >= 0.6 is 0 Å². The first-order valence-corrected chi connectivity index (χ1v) is 7.57. The number of hydrogen-bond acceptors (Lipinski definition) is 4. The molecule has 6 nitrogen and oxygen atoms in total. The minimum absolute atomic E-state index is 0.246. The molecule has 1 aromatic heterocycles. The van der Waals surface area contributed by atoms with Gasteiger partial charge in [0.1, 0.15) is 12.4 Å². The lowest BCUT2D eigenvalue weighted by molar-refractivity contribution is 0.306. The van der Waals surface area contributed by atoms with E-state index in [0.717, 1.165) is 16.9 Å². The number of aromatic amines is 1.